The van der Waals surface area contributed by atoms with Crippen LogP contribution in [0, 0.1) is 10.1 Å². The van der Waals surface area contributed by atoms with Crippen molar-refractivity contribution < 1.29 is 10.0 Å². The van der Waals surface area contributed by atoms with Crippen LogP contribution in [-0.4, -0.2) is 19.6 Å². The van der Waals surface area contributed by atoms with Crippen LogP contribution >= 0.6 is 0 Å². The zero-order valence-corrected chi connectivity index (χ0v) is 5.84. The molecule has 1 aromatic heterocycles. The van der Waals surface area contributed by atoms with Gasteiger partial charge < -0.3 is 15.2 Å². The summed E-state index contributed by atoms with van der Waals surface area (Å²) in [5.41, 5.74) is 0. The molecule has 0 radical (unpaired) electrons. The van der Waals surface area contributed by atoms with Crippen molar-refractivity contribution in [2.45, 2.75) is 13.2 Å². The molecule has 0 aliphatic heterocycles. The number of nitro groups is 1. The third kappa shape index (κ3) is 1.35. The lowest BCUT2D eigenvalue weighted by Gasteiger charge is -2.01. The largest absolute Gasteiger partial charge is 0.358 e. The van der Waals surface area contributed by atoms with E-state index in [1.807, 2.05) is 0 Å². The van der Waals surface area contributed by atoms with Crippen LogP contribution in [-0.2, 0) is 0 Å². The Bertz CT molecular complexity index is 268. The van der Waals surface area contributed by atoms with E-state index in [-0.39, 0.29) is 5.82 Å². The molecule has 6 heteroatoms. The second kappa shape index (κ2) is 2.67. The van der Waals surface area contributed by atoms with Crippen molar-refractivity contribution in [2.75, 3.05) is 0 Å². The van der Waals surface area contributed by atoms with E-state index in [9.17, 15) is 10.1 Å². The van der Waals surface area contributed by atoms with E-state index in [2.05, 4.69) is 4.98 Å². The zero-order valence-electron chi connectivity index (χ0n) is 5.84. The summed E-state index contributed by atoms with van der Waals surface area (Å²) in [6, 6.07) is 0. The first kappa shape index (κ1) is 7.67. The molecule has 6 nitrogen and oxygen atoms in total. The Morgan fingerprint density at radius 2 is 2.55 bits per heavy atom. The number of aliphatic hydroxyl groups excluding tert-OH is 1. The van der Waals surface area contributed by atoms with Gasteiger partial charge in [0.1, 0.15) is 6.20 Å². The molecule has 1 atom stereocenters. The molecule has 1 heterocycles. The zero-order chi connectivity index (χ0) is 8.43. The van der Waals surface area contributed by atoms with Gasteiger partial charge in [0, 0.05) is 6.92 Å². The lowest BCUT2D eigenvalue weighted by atomic mass is 10.6. The first-order valence-electron chi connectivity index (χ1n) is 2.97. The minimum Gasteiger partial charge on any atom is -0.358 e. The molecule has 1 aromatic rings. The number of hydrogen-bond donors (Lipinski definition) is 1. The predicted molar refractivity (Wildman–Crippen MR) is 35.8 cm³/mol. The molecule has 0 spiro atoms. The predicted octanol–water partition coefficient (Wildman–Crippen LogP) is 0.302. The van der Waals surface area contributed by atoms with Crippen LogP contribution in [0.25, 0.3) is 0 Å². The van der Waals surface area contributed by atoms with Gasteiger partial charge in [0.15, 0.2) is 12.6 Å². The quantitative estimate of drug-likeness (QED) is 0.494. The van der Waals surface area contributed by atoms with Gasteiger partial charge in [0.05, 0.1) is 0 Å². The summed E-state index contributed by atoms with van der Waals surface area (Å²) in [5.74, 6) is -0.208. The first-order valence-corrected chi connectivity index (χ1v) is 2.97. The summed E-state index contributed by atoms with van der Waals surface area (Å²) in [4.78, 5) is 13.1. The van der Waals surface area contributed by atoms with Crippen molar-refractivity contribution >= 4 is 5.82 Å². The Hall–Kier alpha value is -1.43. The minimum atomic E-state index is -0.919. The minimum absolute atomic E-state index is 0.208. The highest BCUT2D eigenvalue weighted by molar-refractivity contribution is 5.14. The van der Waals surface area contributed by atoms with Gasteiger partial charge in [-0.1, -0.05) is 0 Å². The van der Waals surface area contributed by atoms with Gasteiger partial charge in [-0.05, 0) is 4.92 Å². The summed E-state index contributed by atoms with van der Waals surface area (Å²) >= 11 is 0. The molecule has 0 aromatic carbocycles. The van der Waals surface area contributed by atoms with Crippen molar-refractivity contribution in [1.82, 2.24) is 9.55 Å². The summed E-state index contributed by atoms with van der Waals surface area (Å²) in [6.45, 7) is 1.43. The van der Waals surface area contributed by atoms with Crippen LogP contribution in [0.5, 0.6) is 0 Å². The molecule has 60 valence electrons. The fraction of sp³-hybridized carbons (Fsp3) is 0.400. The highest BCUT2D eigenvalue weighted by Crippen LogP contribution is 2.13. The Balaban J connectivity index is 3.06. The van der Waals surface area contributed by atoms with Gasteiger partial charge in [-0.3, -0.25) is 0 Å². The van der Waals surface area contributed by atoms with Gasteiger partial charge in [0.2, 0.25) is 0 Å². The SMILES string of the molecule is CC(O)n1cncc1[N+](=O)[O-]. The summed E-state index contributed by atoms with van der Waals surface area (Å²) in [7, 11) is 0. The maximum absolute atomic E-state index is 10.2. The van der Waals surface area contributed by atoms with Crippen molar-refractivity contribution in [3.63, 3.8) is 0 Å². The normalized spacial score (nSPS) is 12.9. The fourth-order valence-corrected chi connectivity index (χ4v) is 0.727. The van der Waals surface area contributed by atoms with Crippen LogP contribution in [0.1, 0.15) is 13.2 Å². The van der Waals surface area contributed by atoms with Gasteiger partial charge in [-0.15, -0.1) is 0 Å². The molecule has 0 saturated heterocycles. The Morgan fingerprint density at radius 3 is 2.91 bits per heavy atom. The Kier molecular flexibility index (Phi) is 1.86. The lowest BCUT2D eigenvalue weighted by molar-refractivity contribution is -0.393. The van der Waals surface area contributed by atoms with Gasteiger partial charge in [-0.2, -0.15) is 4.57 Å². The van der Waals surface area contributed by atoms with Crippen molar-refractivity contribution in [2.24, 2.45) is 0 Å². The number of hydrogen-bond acceptors (Lipinski definition) is 4. The van der Waals surface area contributed by atoms with Crippen LogP contribution < -0.4 is 0 Å². The van der Waals surface area contributed by atoms with Crippen LogP contribution in [0.15, 0.2) is 12.5 Å². The summed E-state index contributed by atoms with van der Waals surface area (Å²) in [5, 5.41) is 19.2. The molecule has 11 heavy (non-hydrogen) atoms. The Morgan fingerprint density at radius 1 is 1.91 bits per heavy atom. The Labute approximate surface area is 62.2 Å². The monoisotopic (exact) mass is 157 g/mol. The lowest BCUT2D eigenvalue weighted by Crippen LogP contribution is -2.05. The molecule has 0 bridgehead atoms. The highest BCUT2D eigenvalue weighted by atomic mass is 16.6. The smallest absolute Gasteiger partial charge is 0.344 e. The average Bonchev–Trinajstić information content (AvgIpc) is 2.32. The fourth-order valence-electron chi connectivity index (χ4n) is 0.727. The van der Waals surface area contributed by atoms with Crippen LogP contribution in [0.3, 0.4) is 0 Å². The number of rotatable bonds is 2. The maximum atomic E-state index is 10.2. The van der Waals surface area contributed by atoms with E-state index in [0.29, 0.717) is 0 Å². The molecule has 1 rings (SSSR count). The van der Waals surface area contributed by atoms with Crippen molar-refractivity contribution in [1.29, 1.82) is 0 Å². The van der Waals surface area contributed by atoms with E-state index >= 15 is 0 Å². The molecule has 0 aliphatic rings. The molecule has 1 N–H and O–H groups in total. The number of imidazole rings is 1. The van der Waals surface area contributed by atoms with Crippen LogP contribution in [0.4, 0.5) is 5.82 Å². The average molecular weight is 157 g/mol. The van der Waals surface area contributed by atoms with E-state index in [0.717, 1.165) is 10.8 Å². The molecule has 0 amide bonds. The van der Waals surface area contributed by atoms with Gasteiger partial charge in [-0.25, -0.2) is 4.98 Å². The topological polar surface area (TPSA) is 81.2 Å². The van der Waals surface area contributed by atoms with Gasteiger partial charge in [0.25, 0.3) is 0 Å². The number of aromatic nitrogens is 2. The highest BCUT2D eigenvalue weighted by Gasteiger charge is 2.15. The third-order valence-corrected chi connectivity index (χ3v) is 1.24. The molecule has 1 unspecified atom stereocenters. The van der Waals surface area contributed by atoms with E-state index in [1.54, 1.807) is 0 Å². The summed E-state index contributed by atoms with van der Waals surface area (Å²) in [6.07, 6.45) is 1.38. The van der Waals surface area contributed by atoms with E-state index in [1.165, 1.54) is 13.3 Å². The second-order valence-electron chi connectivity index (χ2n) is 2.05. The standard InChI is InChI=1S/C5H7N3O3/c1-4(9)7-3-6-2-5(7)8(10)11/h2-4,9H,1H3. The third-order valence-electron chi connectivity index (χ3n) is 1.24. The van der Waals surface area contributed by atoms with E-state index in [4.69, 9.17) is 5.11 Å². The molecular formula is C5H7N3O3. The van der Waals surface area contributed by atoms with Crippen molar-refractivity contribution in [3.8, 4) is 0 Å². The van der Waals surface area contributed by atoms with Crippen LogP contribution in [0.2, 0.25) is 0 Å². The first-order chi connectivity index (χ1) is 5.13. The van der Waals surface area contributed by atoms with Crippen molar-refractivity contribution in [3.05, 3.63) is 22.6 Å². The molecule has 0 fully saturated rings. The maximum Gasteiger partial charge on any atom is 0.344 e. The summed E-state index contributed by atoms with van der Waals surface area (Å²) < 4.78 is 1.07. The van der Waals surface area contributed by atoms with E-state index < -0.39 is 11.2 Å². The second-order valence-corrected chi connectivity index (χ2v) is 2.05. The number of nitrogens with zero attached hydrogens (tertiary/aromatic N) is 3. The molecular weight excluding hydrogens is 150 g/mol. The molecule has 0 aliphatic carbocycles. The number of aliphatic hydroxyl groups is 1. The van der Waals surface area contributed by atoms with Gasteiger partial charge >= 0.3 is 5.82 Å². The molecule has 0 saturated carbocycles.